The first-order valence-corrected chi connectivity index (χ1v) is 11.7. The van der Waals surface area contributed by atoms with Gasteiger partial charge in [0.2, 0.25) is 0 Å². The van der Waals surface area contributed by atoms with Crippen LogP contribution in [0, 0.1) is 5.92 Å². The summed E-state index contributed by atoms with van der Waals surface area (Å²) in [5.74, 6) is -0.245. The zero-order chi connectivity index (χ0) is 19.4. The molecule has 1 amide bonds. The van der Waals surface area contributed by atoms with Crippen molar-refractivity contribution in [3.05, 3.63) is 57.2 Å². The number of amides is 1. The Hall–Kier alpha value is -1.51. The molecule has 0 radical (unpaired) electrons. The highest BCUT2D eigenvalue weighted by Crippen LogP contribution is 2.49. The summed E-state index contributed by atoms with van der Waals surface area (Å²) in [6.07, 6.45) is 3.90. The van der Waals surface area contributed by atoms with Gasteiger partial charge in [0.25, 0.3) is 5.91 Å². The fourth-order valence-corrected chi connectivity index (χ4v) is 6.09. The summed E-state index contributed by atoms with van der Waals surface area (Å²) < 4.78 is 7.06. The van der Waals surface area contributed by atoms with Crippen molar-refractivity contribution in [3.8, 4) is 0 Å². The van der Waals surface area contributed by atoms with Crippen LogP contribution < -0.4 is 4.90 Å². The third-order valence-electron chi connectivity index (χ3n) is 5.57. The third-order valence-corrected chi connectivity index (χ3v) is 7.67. The van der Waals surface area contributed by atoms with Gasteiger partial charge < -0.3 is 4.74 Å². The van der Waals surface area contributed by atoms with Gasteiger partial charge in [-0.25, -0.2) is 4.98 Å². The number of carbonyl (C=O) groups is 2. The van der Waals surface area contributed by atoms with Gasteiger partial charge in [-0.2, -0.15) is 0 Å². The molecule has 1 saturated carbocycles. The third kappa shape index (κ3) is 2.88. The van der Waals surface area contributed by atoms with Crippen molar-refractivity contribution in [3.63, 3.8) is 0 Å². The average Bonchev–Trinajstić information content (AvgIpc) is 3.29. The maximum absolute atomic E-state index is 13.5. The summed E-state index contributed by atoms with van der Waals surface area (Å²) in [6.45, 7) is 0. The number of Topliss-reactive ketones (excluding diaryl/α,β-unsaturated/α-hetero) is 1. The molecule has 1 fully saturated rings. The van der Waals surface area contributed by atoms with Crippen LogP contribution in [0.15, 0.2) is 51.6 Å². The summed E-state index contributed by atoms with van der Waals surface area (Å²) in [7, 11) is 0. The molecule has 0 N–H and O–H groups in total. The van der Waals surface area contributed by atoms with E-state index in [1.807, 2.05) is 29.6 Å². The van der Waals surface area contributed by atoms with Crippen molar-refractivity contribution in [1.82, 2.24) is 4.98 Å². The number of halogens is 2. The Morgan fingerprint density at radius 2 is 2.11 bits per heavy atom. The molecule has 2 aliphatic heterocycles. The number of benzene rings is 1. The zero-order valence-corrected chi connectivity index (χ0v) is 18.7. The van der Waals surface area contributed by atoms with Crippen molar-refractivity contribution in [2.45, 2.75) is 36.2 Å². The van der Waals surface area contributed by atoms with E-state index in [0.29, 0.717) is 15.5 Å². The topological polar surface area (TPSA) is 59.5 Å². The van der Waals surface area contributed by atoms with E-state index in [2.05, 4.69) is 36.8 Å². The van der Waals surface area contributed by atoms with Crippen LogP contribution in [0.4, 0.5) is 5.13 Å². The Morgan fingerprint density at radius 3 is 2.86 bits per heavy atom. The van der Waals surface area contributed by atoms with Crippen LogP contribution in [0.1, 0.15) is 30.9 Å². The summed E-state index contributed by atoms with van der Waals surface area (Å²) >= 11 is 8.54. The Labute approximate surface area is 183 Å². The SMILES string of the molecule is O=C1C2=C(OC3CCC(Br)CC13)C(=O)N(c1nccs1)C2c1cccc(Br)c1. The van der Waals surface area contributed by atoms with Gasteiger partial charge in [-0.05, 0) is 37.0 Å². The van der Waals surface area contributed by atoms with Crippen LogP contribution in [-0.2, 0) is 14.3 Å². The lowest BCUT2D eigenvalue weighted by Gasteiger charge is -2.37. The van der Waals surface area contributed by atoms with E-state index in [4.69, 9.17) is 4.74 Å². The first-order valence-electron chi connectivity index (χ1n) is 9.12. The standard InChI is InChI=1S/C20H16Br2N2O3S/c21-11-3-1-2-10(8-11)16-15-17(25)13-9-12(22)4-5-14(13)27-18(15)19(26)24(16)20-23-6-7-28-20/h1-3,6-8,12-14,16H,4-5,9H2. The average molecular weight is 524 g/mol. The molecule has 4 unspecified atom stereocenters. The number of aromatic nitrogens is 1. The number of alkyl halides is 1. The second-order valence-corrected chi connectivity index (χ2v) is 10.3. The molecule has 0 bridgehead atoms. The Balaban J connectivity index is 1.65. The van der Waals surface area contributed by atoms with Crippen LogP contribution in [0.5, 0.6) is 0 Å². The van der Waals surface area contributed by atoms with Crippen LogP contribution in [0.3, 0.4) is 0 Å². The lowest BCUT2D eigenvalue weighted by Crippen LogP contribution is -2.41. The summed E-state index contributed by atoms with van der Waals surface area (Å²) in [5, 5.41) is 2.40. The first-order chi connectivity index (χ1) is 13.5. The number of fused-ring (bicyclic) bond motifs is 1. The second-order valence-electron chi connectivity index (χ2n) is 7.23. The summed E-state index contributed by atoms with van der Waals surface area (Å²) in [6, 6.07) is 7.20. The molecule has 5 nitrogen and oxygen atoms in total. The van der Waals surface area contributed by atoms with E-state index in [1.165, 1.54) is 11.3 Å². The van der Waals surface area contributed by atoms with E-state index in [9.17, 15) is 9.59 Å². The number of nitrogens with zero attached hydrogens (tertiary/aromatic N) is 2. The quantitative estimate of drug-likeness (QED) is 0.531. The van der Waals surface area contributed by atoms with Gasteiger partial charge in [-0.1, -0.05) is 44.0 Å². The molecule has 2 aromatic rings. The van der Waals surface area contributed by atoms with Gasteiger partial charge in [0, 0.05) is 20.9 Å². The lowest BCUT2D eigenvalue weighted by atomic mass is 9.77. The monoisotopic (exact) mass is 522 g/mol. The Kier molecular flexibility index (Phi) is 4.68. The zero-order valence-electron chi connectivity index (χ0n) is 14.7. The number of rotatable bonds is 2. The number of ketones is 1. The molecule has 144 valence electrons. The van der Waals surface area contributed by atoms with E-state index in [0.717, 1.165) is 29.3 Å². The smallest absolute Gasteiger partial charge is 0.296 e. The molecule has 3 heterocycles. The Morgan fingerprint density at radius 1 is 1.25 bits per heavy atom. The van der Waals surface area contributed by atoms with E-state index >= 15 is 0 Å². The molecule has 0 saturated heterocycles. The van der Waals surface area contributed by atoms with Gasteiger partial charge in [0.15, 0.2) is 16.7 Å². The van der Waals surface area contributed by atoms with E-state index in [-0.39, 0.29) is 29.5 Å². The summed E-state index contributed by atoms with van der Waals surface area (Å²) in [4.78, 5) is 33.1. The van der Waals surface area contributed by atoms with Crippen molar-refractivity contribution >= 4 is 60.0 Å². The van der Waals surface area contributed by atoms with Gasteiger partial charge in [0.1, 0.15) is 6.10 Å². The Bertz CT molecular complexity index is 991. The van der Waals surface area contributed by atoms with Crippen LogP contribution in [0.25, 0.3) is 0 Å². The lowest BCUT2D eigenvalue weighted by molar-refractivity contribution is -0.131. The maximum Gasteiger partial charge on any atom is 0.296 e. The van der Waals surface area contributed by atoms with Crippen LogP contribution >= 0.6 is 43.2 Å². The first kappa shape index (κ1) is 18.5. The predicted molar refractivity (Wildman–Crippen MR) is 113 cm³/mol. The minimum Gasteiger partial charge on any atom is -0.483 e. The molecule has 4 atom stereocenters. The maximum atomic E-state index is 13.5. The van der Waals surface area contributed by atoms with Crippen molar-refractivity contribution in [2.75, 3.05) is 4.90 Å². The van der Waals surface area contributed by atoms with Crippen LogP contribution in [0.2, 0.25) is 0 Å². The molecule has 0 spiro atoms. The van der Waals surface area contributed by atoms with Gasteiger partial charge in [-0.15, -0.1) is 11.3 Å². The summed E-state index contributed by atoms with van der Waals surface area (Å²) in [5.41, 5.74) is 1.34. The fourth-order valence-electron chi connectivity index (χ4n) is 4.34. The number of hydrogen-bond acceptors (Lipinski definition) is 5. The molecule has 28 heavy (non-hydrogen) atoms. The number of carbonyl (C=O) groups excluding carboxylic acids is 2. The number of thiazole rings is 1. The minimum absolute atomic E-state index is 0.0350. The molecule has 1 aliphatic carbocycles. The minimum atomic E-state index is -0.518. The van der Waals surface area contributed by atoms with Crippen molar-refractivity contribution in [2.24, 2.45) is 5.92 Å². The molecule has 1 aromatic carbocycles. The predicted octanol–water partition coefficient (Wildman–Crippen LogP) is 4.78. The van der Waals surface area contributed by atoms with Crippen molar-refractivity contribution in [1.29, 1.82) is 0 Å². The molecule has 3 aliphatic rings. The molecule has 5 rings (SSSR count). The van der Waals surface area contributed by atoms with Gasteiger partial charge >= 0.3 is 0 Å². The number of hydrogen-bond donors (Lipinski definition) is 0. The van der Waals surface area contributed by atoms with Crippen molar-refractivity contribution < 1.29 is 14.3 Å². The molecule has 8 heteroatoms. The molecular weight excluding hydrogens is 508 g/mol. The highest BCUT2D eigenvalue weighted by Gasteiger charge is 2.53. The van der Waals surface area contributed by atoms with Crippen LogP contribution in [-0.4, -0.2) is 27.6 Å². The molecular formula is C20H16Br2N2O3S. The largest absolute Gasteiger partial charge is 0.483 e. The second kappa shape index (κ2) is 7.07. The molecule has 1 aromatic heterocycles. The van der Waals surface area contributed by atoms with E-state index in [1.54, 1.807) is 11.1 Å². The number of ether oxygens (including phenoxy) is 1. The van der Waals surface area contributed by atoms with Gasteiger partial charge in [-0.3, -0.25) is 14.5 Å². The van der Waals surface area contributed by atoms with E-state index < -0.39 is 6.04 Å². The highest BCUT2D eigenvalue weighted by atomic mass is 79.9. The normalized spacial score (nSPS) is 29.6. The number of anilines is 1. The highest BCUT2D eigenvalue weighted by molar-refractivity contribution is 9.10. The van der Waals surface area contributed by atoms with Gasteiger partial charge in [0.05, 0.1) is 17.5 Å². The fraction of sp³-hybridized carbons (Fsp3) is 0.350.